The van der Waals surface area contributed by atoms with E-state index in [-0.39, 0.29) is 16.2 Å². The van der Waals surface area contributed by atoms with Gasteiger partial charge < -0.3 is 0 Å². The number of hydrogen-bond donors (Lipinski definition) is 0. The lowest BCUT2D eigenvalue weighted by Gasteiger charge is -2.45. The second-order valence-corrected chi connectivity index (χ2v) is 19.0. The van der Waals surface area contributed by atoms with Crippen molar-refractivity contribution < 1.29 is 0 Å². The summed E-state index contributed by atoms with van der Waals surface area (Å²) < 4.78 is 0. The van der Waals surface area contributed by atoms with Gasteiger partial charge in [0, 0.05) is 0 Å². The Balaban J connectivity index is 1.63. The summed E-state index contributed by atoms with van der Waals surface area (Å²) in [6.45, 7) is 33.9. The van der Waals surface area contributed by atoms with Crippen LogP contribution in [0.2, 0.25) is 0 Å². The molecular weight excluding hydrogens is 565 g/mol. The fourth-order valence-corrected chi connectivity index (χ4v) is 11.1. The number of benzene rings is 2. The minimum absolute atomic E-state index is 0.0669. The zero-order valence-corrected chi connectivity index (χ0v) is 32.4. The summed E-state index contributed by atoms with van der Waals surface area (Å²) in [5.41, 5.74) is 17.9. The fourth-order valence-electron chi connectivity index (χ4n) is 11.1. The van der Waals surface area contributed by atoms with Gasteiger partial charge in [-0.05, 0) is 162 Å². The molecule has 0 nitrogen and oxygen atoms in total. The van der Waals surface area contributed by atoms with Crippen molar-refractivity contribution >= 4 is 11.1 Å². The van der Waals surface area contributed by atoms with E-state index in [1.165, 1.54) is 81.3 Å². The molecule has 47 heavy (non-hydrogen) atoms. The Morgan fingerprint density at radius 3 is 1.13 bits per heavy atom. The van der Waals surface area contributed by atoms with E-state index in [9.17, 15) is 0 Å². The second kappa shape index (κ2) is 11.8. The highest BCUT2D eigenvalue weighted by molar-refractivity contribution is 5.87. The maximum absolute atomic E-state index is 2.83. The molecule has 6 rings (SSSR count). The Morgan fingerprint density at radius 1 is 0.468 bits per heavy atom. The van der Waals surface area contributed by atoms with Crippen molar-refractivity contribution in [2.24, 2.45) is 51.8 Å². The Hall–Kier alpha value is -2.60. The number of rotatable bonds is 4. The third kappa shape index (κ3) is 5.89. The van der Waals surface area contributed by atoms with Gasteiger partial charge in [0.25, 0.3) is 0 Å². The van der Waals surface area contributed by atoms with Crippen molar-refractivity contribution in [1.29, 1.82) is 0 Å². The van der Waals surface area contributed by atoms with Crippen LogP contribution in [-0.4, -0.2) is 0 Å². The SMILES string of the molecule is Cc1cc(C)c(C2=CC3C(C=C2C(C)(C)C)C2C=C(C(C)(C)C)C(c4c(C)cc(C)cc4C)=CC2C3C(C)(C)C2CCCC2)c(C)c1. The molecule has 0 spiro atoms. The van der Waals surface area contributed by atoms with Crippen LogP contribution in [0.4, 0.5) is 0 Å². The van der Waals surface area contributed by atoms with Gasteiger partial charge in [-0.1, -0.05) is 128 Å². The Morgan fingerprint density at radius 2 is 0.809 bits per heavy atom. The summed E-state index contributed by atoms with van der Waals surface area (Å²) in [6.07, 6.45) is 16.9. The summed E-state index contributed by atoms with van der Waals surface area (Å²) in [5.74, 6) is 3.48. The van der Waals surface area contributed by atoms with E-state index in [0.717, 1.165) is 5.92 Å². The Bertz CT molecular complexity index is 1530. The summed E-state index contributed by atoms with van der Waals surface area (Å²) in [4.78, 5) is 0. The highest BCUT2D eigenvalue weighted by atomic mass is 14.6. The van der Waals surface area contributed by atoms with E-state index in [2.05, 4.69) is 146 Å². The summed E-state index contributed by atoms with van der Waals surface area (Å²) in [7, 11) is 0. The monoisotopic (exact) mass is 629 g/mol. The molecule has 0 saturated heterocycles. The van der Waals surface area contributed by atoms with Crippen molar-refractivity contribution in [2.75, 3.05) is 0 Å². The molecule has 0 heterocycles. The highest BCUT2D eigenvalue weighted by Crippen LogP contribution is 2.65. The van der Waals surface area contributed by atoms with Gasteiger partial charge >= 0.3 is 0 Å². The van der Waals surface area contributed by atoms with E-state index in [0.29, 0.717) is 29.6 Å². The van der Waals surface area contributed by atoms with Crippen molar-refractivity contribution in [3.63, 3.8) is 0 Å². The molecule has 0 heteroatoms. The minimum atomic E-state index is 0.0669. The topological polar surface area (TPSA) is 0 Å². The summed E-state index contributed by atoms with van der Waals surface area (Å²) in [5, 5.41) is 0. The first-order valence-electron chi connectivity index (χ1n) is 18.9. The minimum Gasteiger partial charge on any atom is -0.0758 e. The van der Waals surface area contributed by atoms with Gasteiger partial charge in [0.15, 0.2) is 0 Å². The zero-order valence-electron chi connectivity index (χ0n) is 32.4. The first kappa shape index (κ1) is 34.3. The van der Waals surface area contributed by atoms with Crippen LogP contribution in [0, 0.1) is 93.3 Å². The van der Waals surface area contributed by atoms with Gasteiger partial charge in [-0.25, -0.2) is 0 Å². The molecule has 4 unspecified atom stereocenters. The smallest absolute Gasteiger partial charge is 0.00919 e. The van der Waals surface area contributed by atoms with Crippen molar-refractivity contribution in [1.82, 2.24) is 0 Å². The van der Waals surface area contributed by atoms with E-state index < -0.39 is 0 Å². The third-order valence-electron chi connectivity index (χ3n) is 13.0. The van der Waals surface area contributed by atoms with Crippen LogP contribution in [0.1, 0.15) is 126 Å². The molecule has 0 aromatic heterocycles. The van der Waals surface area contributed by atoms with Gasteiger partial charge in [-0.15, -0.1) is 0 Å². The molecule has 0 amide bonds. The largest absolute Gasteiger partial charge is 0.0758 e. The summed E-state index contributed by atoms with van der Waals surface area (Å²) in [6, 6.07) is 9.63. The highest BCUT2D eigenvalue weighted by Gasteiger charge is 2.57. The van der Waals surface area contributed by atoms with Crippen molar-refractivity contribution in [3.05, 3.63) is 104 Å². The van der Waals surface area contributed by atoms with Crippen LogP contribution in [0.25, 0.3) is 11.1 Å². The molecule has 4 atom stereocenters. The van der Waals surface area contributed by atoms with Gasteiger partial charge in [0.2, 0.25) is 0 Å². The van der Waals surface area contributed by atoms with E-state index in [1.54, 1.807) is 11.1 Å². The molecular formula is C47H64. The molecule has 2 fully saturated rings. The lowest BCUT2D eigenvalue weighted by Crippen LogP contribution is -2.38. The number of allylic oxidation sites excluding steroid dienone is 8. The number of aryl methyl sites for hydroxylation is 6. The fraction of sp³-hybridized carbons (Fsp3) is 0.574. The van der Waals surface area contributed by atoms with E-state index >= 15 is 0 Å². The van der Waals surface area contributed by atoms with Crippen molar-refractivity contribution in [3.8, 4) is 0 Å². The van der Waals surface area contributed by atoms with Crippen LogP contribution >= 0.6 is 0 Å². The van der Waals surface area contributed by atoms with Gasteiger partial charge in [0.1, 0.15) is 0 Å². The normalized spacial score (nSPS) is 26.8. The molecule has 252 valence electrons. The molecule has 2 aromatic rings. The van der Waals surface area contributed by atoms with Crippen LogP contribution in [-0.2, 0) is 0 Å². The lowest BCUT2D eigenvalue weighted by atomic mass is 9.59. The van der Waals surface area contributed by atoms with E-state index in [1.807, 2.05) is 0 Å². The van der Waals surface area contributed by atoms with Crippen molar-refractivity contribution in [2.45, 2.75) is 123 Å². The predicted molar refractivity (Wildman–Crippen MR) is 206 cm³/mol. The zero-order chi connectivity index (χ0) is 34.4. The maximum Gasteiger partial charge on any atom is -0.00919 e. The Labute approximate surface area is 288 Å². The lowest BCUT2D eigenvalue weighted by molar-refractivity contribution is 0.0751. The quantitative estimate of drug-likeness (QED) is 0.316. The molecule has 0 N–H and O–H groups in total. The molecule has 0 bridgehead atoms. The van der Waals surface area contributed by atoms with Crippen LogP contribution in [0.5, 0.6) is 0 Å². The predicted octanol–water partition coefficient (Wildman–Crippen LogP) is 13.3. The van der Waals surface area contributed by atoms with Gasteiger partial charge in [-0.2, -0.15) is 0 Å². The average Bonchev–Trinajstić information content (AvgIpc) is 3.57. The molecule has 2 aromatic carbocycles. The molecule has 2 saturated carbocycles. The maximum atomic E-state index is 2.83. The van der Waals surface area contributed by atoms with Crippen LogP contribution in [0.15, 0.2) is 59.7 Å². The van der Waals surface area contributed by atoms with Gasteiger partial charge in [-0.3, -0.25) is 0 Å². The molecule has 4 aliphatic rings. The number of fused-ring (bicyclic) bond motifs is 3. The second-order valence-electron chi connectivity index (χ2n) is 19.0. The summed E-state index contributed by atoms with van der Waals surface area (Å²) >= 11 is 0. The van der Waals surface area contributed by atoms with Crippen LogP contribution in [0.3, 0.4) is 0 Å². The molecule has 4 aliphatic carbocycles. The standard InChI is InChI=1S/C47H64/c1-27-19-29(3)42(30(4)20-27)38-23-36-34(25-40(38)45(7,8)9)35-26-41(46(10,11)12)39(43-31(5)21-28(2)22-32(43)6)24-37(35)44(36)47(13,14)33-17-15-16-18-33/h19-26,33-37,44H,15-18H2,1-14H3. The first-order chi connectivity index (χ1) is 21.8. The van der Waals surface area contributed by atoms with Gasteiger partial charge in [0.05, 0.1) is 0 Å². The third-order valence-corrected chi connectivity index (χ3v) is 13.0. The Kier molecular flexibility index (Phi) is 8.59. The average molecular weight is 629 g/mol. The molecule has 0 aliphatic heterocycles. The van der Waals surface area contributed by atoms with Crippen LogP contribution < -0.4 is 0 Å². The molecule has 0 radical (unpaired) electrons. The first-order valence-corrected chi connectivity index (χ1v) is 18.9. The number of hydrogen-bond acceptors (Lipinski definition) is 0. The van der Waals surface area contributed by atoms with E-state index in [4.69, 9.17) is 0 Å².